The van der Waals surface area contributed by atoms with Crippen molar-refractivity contribution in [3.05, 3.63) is 58.9 Å². The number of anilines is 1. The summed E-state index contributed by atoms with van der Waals surface area (Å²) >= 11 is 0. The average molecular weight is 293 g/mol. The molecule has 22 heavy (non-hydrogen) atoms. The minimum atomic E-state index is 0.438. The van der Waals surface area contributed by atoms with Gasteiger partial charge in [-0.05, 0) is 50.2 Å². The molecular weight excluding hydrogens is 270 g/mol. The van der Waals surface area contributed by atoms with Crippen LogP contribution in [-0.2, 0) is 6.42 Å². The first-order valence-corrected chi connectivity index (χ1v) is 8.21. The van der Waals surface area contributed by atoms with E-state index in [0.717, 1.165) is 19.5 Å². The van der Waals surface area contributed by atoms with Crippen molar-refractivity contribution in [3.63, 3.8) is 0 Å². The molecule has 114 valence electrons. The van der Waals surface area contributed by atoms with Crippen LogP contribution in [0, 0.1) is 6.92 Å². The van der Waals surface area contributed by atoms with Crippen molar-refractivity contribution >= 4 is 5.69 Å². The molecule has 0 radical (unpaired) electrons. The Morgan fingerprint density at radius 2 is 2.09 bits per heavy atom. The van der Waals surface area contributed by atoms with Crippen LogP contribution >= 0.6 is 0 Å². The minimum Gasteiger partial charge on any atom is -0.362 e. The summed E-state index contributed by atoms with van der Waals surface area (Å²) in [6.45, 7) is 5.57. The molecule has 1 atom stereocenters. The lowest BCUT2D eigenvalue weighted by Gasteiger charge is -2.33. The van der Waals surface area contributed by atoms with Gasteiger partial charge < -0.3 is 9.80 Å². The standard InChI is InChI=1S/C19H23N3/c1-14-6-7-15-12-17-18(5-3-8-20-17)22-10-4-9-21(2)13-19(22)16(15)11-14/h3,5-8,11,19H,4,9-10,12-13H2,1-2H3. The molecule has 0 bridgehead atoms. The van der Waals surface area contributed by atoms with Gasteiger partial charge in [0.1, 0.15) is 0 Å². The van der Waals surface area contributed by atoms with E-state index in [1.54, 1.807) is 0 Å². The van der Waals surface area contributed by atoms with Gasteiger partial charge in [-0.25, -0.2) is 0 Å². The van der Waals surface area contributed by atoms with E-state index in [-0.39, 0.29) is 0 Å². The zero-order chi connectivity index (χ0) is 15.1. The molecule has 3 nitrogen and oxygen atoms in total. The quantitative estimate of drug-likeness (QED) is 0.744. The van der Waals surface area contributed by atoms with Crippen LogP contribution in [0.15, 0.2) is 36.5 Å². The Morgan fingerprint density at radius 3 is 3.00 bits per heavy atom. The number of likely N-dealkylation sites (N-methyl/N-ethyl adjacent to an activating group) is 1. The fourth-order valence-electron chi connectivity index (χ4n) is 3.90. The maximum absolute atomic E-state index is 4.69. The van der Waals surface area contributed by atoms with Crippen LogP contribution in [0.4, 0.5) is 5.69 Å². The van der Waals surface area contributed by atoms with Crippen molar-refractivity contribution in [1.29, 1.82) is 0 Å². The maximum Gasteiger partial charge on any atom is 0.0680 e. The SMILES string of the molecule is Cc1ccc2c(c1)C1CN(C)CCCN1c1cccnc1C2. The predicted octanol–water partition coefficient (Wildman–Crippen LogP) is 3.18. The first kappa shape index (κ1) is 13.8. The summed E-state index contributed by atoms with van der Waals surface area (Å²) in [7, 11) is 2.24. The van der Waals surface area contributed by atoms with Crippen molar-refractivity contribution in [2.45, 2.75) is 25.8 Å². The fraction of sp³-hybridized carbons (Fsp3) is 0.421. The first-order valence-electron chi connectivity index (χ1n) is 8.21. The lowest BCUT2D eigenvalue weighted by molar-refractivity contribution is 0.333. The summed E-state index contributed by atoms with van der Waals surface area (Å²) in [6, 6.07) is 11.7. The van der Waals surface area contributed by atoms with E-state index in [2.05, 4.69) is 59.1 Å². The summed E-state index contributed by atoms with van der Waals surface area (Å²) in [6.07, 6.45) is 4.09. The monoisotopic (exact) mass is 293 g/mol. The van der Waals surface area contributed by atoms with E-state index < -0.39 is 0 Å². The summed E-state index contributed by atoms with van der Waals surface area (Å²) in [4.78, 5) is 9.75. The van der Waals surface area contributed by atoms with Crippen molar-refractivity contribution in [2.24, 2.45) is 0 Å². The topological polar surface area (TPSA) is 19.4 Å². The van der Waals surface area contributed by atoms with Crippen LogP contribution < -0.4 is 4.90 Å². The van der Waals surface area contributed by atoms with Crippen LogP contribution in [0.2, 0.25) is 0 Å². The molecule has 3 heterocycles. The molecule has 0 amide bonds. The van der Waals surface area contributed by atoms with Crippen LogP contribution in [0.1, 0.15) is 34.8 Å². The predicted molar refractivity (Wildman–Crippen MR) is 90.4 cm³/mol. The van der Waals surface area contributed by atoms with Gasteiger partial charge >= 0.3 is 0 Å². The van der Waals surface area contributed by atoms with Gasteiger partial charge in [0.15, 0.2) is 0 Å². The van der Waals surface area contributed by atoms with E-state index in [4.69, 9.17) is 0 Å². The molecule has 1 saturated heterocycles. The Bertz CT molecular complexity index is 695. The van der Waals surface area contributed by atoms with Crippen LogP contribution in [0.25, 0.3) is 0 Å². The number of nitrogens with zero attached hydrogens (tertiary/aromatic N) is 3. The molecule has 2 aliphatic rings. The first-order chi connectivity index (χ1) is 10.7. The highest BCUT2D eigenvalue weighted by Crippen LogP contribution is 2.38. The average Bonchev–Trinajstić information content (AvgIpc) is 2.77. The van der Waals surface area contributed by atoms with Gasteiger partial charge in [-0.3, -0.25) is 4.98 Å². The second kappa shape index (κ2) is 5.40. The Morgan fingerprint density at radius 1 is 1.18 bits per heavy atom. The van der Waals surface area contributed by atoms with E-state index in [1.165, 1.54) is 41.0 Å². The molecule has 1 aromatic carbocycles. The summed E-state index contributed by atoms with van der Waals surface area (Å²) < 4.78 is 0. The lowest BCUT2D eigenvalue weighted by atomic mass is 9.96. The van der Waals surface area contributed by atoms with Crippen LogP contribution in [0.5, 0.6) is 0 Å². The van der Waals surface area contributed by atoms with Gasteiger partial charge in [0.2, 0.25) is 0 Å². The molecule has 2 aliphatic heterocycles. The molecule has 2 aromatic rings. The second-order valence-electron chi connectivity index (χ2n) is 6.67. The Hall–Kier alpha value is -1.87. The molecule has 1 unspecified atom stereocenters. The van der Waals surface area contributed by atoms with E-state index in [1.807, 2.05) is 6.20 Å². The third-order valence-electron chi connectivity index (χ3n) is 4.99. The summed E-state index contributed by atoms with van der Waals surface area (Å²) in [5, 5.41) is 0. The lowest BCUT2D eigenvalue weighted by Crippen LogP contribution is -2.33. The van der Waals surface area contributed by atoms with Crippen molar-refractivity contribution in [3.8, 4) is 0 Å². The van der Waals surface area contributed by atoms with E-state index in [0.29, 0.717) is 6.04 Å². The molecule has 3 heteroatoms. The van der Waals surface area contributed by atoms with Gasteiger partial charge in [0, 0.05) is 25.7 Å². The highest BCUT2D eigenvalue weighted by Gasteiger charge is 2.31. The normalized spacial score (nSPS) is 21.4. The Labute approximate surface area is 132 Å². The highest BCUT2D eigenvalue weighted by molar-refractivity contribution is 5.58. The number of hydrogen-bond donors (Lipinski definition) is 0. The Balaban J connectivity index is 1.91. The molecule has 1 fully saturated rings. The minimum absolute atomic E-state index is 0.438. The van der Waals surface area contributed by atoms with Crippen molar-refractivity contribution < 1.29 is 0 Å². The number of benzene rings is 1. The number of rotatable bonds is 0. The highest BCUT2D eigenvalue weighted by atomic mass is 15.2. The zero-order valence-corrected chi connectivity index (χ0v) is 13.4. The molecule has 0 spiro atoms. The van der Waals surface area contributed by atoms with Crippen LogP contribution in [-0.4, -0.2) is 36.6 Å². The summed E-state index contributed by atoms with van der Waals surface area (Å²) in [5.41, 5.74) is 6.83. The van der Waals surface area contributed by atoms with Gasteiger partial charge in [-0.2, -0.15) is 0 Å². The number of aromatic nitrogens is 1. The molecule has 4 rings (SSSR count). The second-order valence-corrected chi connectivity index (χ2v) is 6.67. The van der Waals surface area contributed by atoms with Gasteiger partial charge in [-0.1, -0.05) is 23.8 Å². The third kappa shape index (κ3) is 2.30. The maximum atomic E-state index is 4.69. The number of pyridine rings is 1. The zero-order valence-electron chi connectivity index (χ0n) is 13.4. The number of aryl methyl sites for hydroxylation is 1. The van der Waals surface area contributed by atoms with Gasteiger partial charge in [0.25, 0.3) is 0 Å². The number of fused-ring (bicyclic) bond motifs is 5. The van der Waals surface area contributed by atoms with Gasteiger partial charge in [-0.15, -0.1) is 0 Å². The van der Waals surface area contributed by atoms with Crippen molar-refractivity contribution in [1.82, 2.24) is 9.88 Å². The smallest absolute Gasteiger partial charge is 0.0680 e. The summed E-state index contributed by atoms with van der Waals surface area (Å²) in [5.74, 6) is 0. The molecule has 0 saturated carbocycles. The molecule has 0 aliphatic carbocycles. The van der Waals surface area contributed by atoms with Gasteiger partial charge in [0.05, 0.1) is 17.4 Å². The van der Waals surface area contributed by atoms with Crippen molar-refractivity contribution in [2.75, 3.05) is 31.6 Å². The van der Waals surface area contributed by atoms with E-state index in [9.17, 15) is 0 Å². The largest absolute Gasteiger partial charge is 0.362 e. The number of hydrogen-bond acceptors (Lipinski definition) is 3. The molecule has 0 N–H and O–H groups in total. The third-order valence-corrected chi connectivity index (χ3v) is 4.99. The van der Waals surface area contributed by atoms with E-state index >= 15 is 0 Å². The fourth-order valence-corrected chi connectivity index (χ4v) is 3.90. The van der Waals surface area contributed by atoms with Crippen LogP contribution in [0.3, 0.4) is 0 Å². The molecule has 1 aromatic heterocycles. The Kier molecular flexibility index (Phi) is 3.38. The molecular formula is C19H23N3.